The highest BCUT2D eigenvalue weighted by Gasteiger charge is 2.06. The Morgan fingerprint density at radius 1 is 1.35 bits per heavy atom. The SMILES string of the molecule is NC(=O)CCCNC(=O)c1ccc(Br)c(N)c1. The molecule has 5 N–H and O–H groups in total. The first-order valence-corrected chi connectivity index (χ1v) is 5.91. The van der Waals surface area contributed by atoms with E-state index >= 15 is 0 Å². The summed E-state index contributed by atoms with van der Waals surface area (Å²) in [5.41, 5.74) is 11.6. The molecule has 0 bridgehead atoms. The lowest BCUT2D eigenvalue weighted by atomic mass is 10.2. The number of rotatable bonds is 5. The Balaban J connectivity index is 2.47. The number of nitrogens with one attached hydrogen (secondary N) is 1. The number of halogens is 1. The summed E-state index contributed by atoms with van der Waals surface area (Å²) in [5, 5.41) is 2.68. The molecule has 0 unspecified atom stereocenters. The van der Waals surface area contributed by atoms with E-state index in [1.54, 1.807) is 18.2 Å². The topological polar surface area (TPSA) is 98.2 Å². The monoisotopic (exact) mass is 299 g/mol. The van der Waals surface area contributed by atoms with Gasteiger partial charge in [0.25, 0.3) is 5.91 Å². The van der Waals surface area contributed by atoms with Crippen LogP contribution in [0.15, 0.2) is 22.7 Å². The van der Waals surface area contributed by atoms with Gasteiger partial charge in [-0.1, -0.05) is 0 Å². The Hall–Kier alpha value is -1.56. The number of carbonyl (C=O) groups excluding carboxylic acids is 2. The van der Waals surface area contributed by atoms with Crippen LogP contribution in [0.1, 0.15) is 23.2 Å². The Labute approximate surface area is 108 Å². The summed E-state index contributed by atoms with van der Waals surface area (Å²) in [5.74, 6) is -0.583. The number of nitrogens with two attached hydrogens (primary N) is 2. The van der Waals surface area contributed by atoms with E-state index < -0.39 is 0 Å². The molecule has 0 spiro atoms. The summed E-state index contributed by atoms with van der Waals surface area (Å²) >= 11 is 3.25. The molecule has 0 aromatic heterocycles. The lowest BCUT2D eigenvalue weighted by Crippen LogP contribution is -2.25. The molecule has 0 aliphatic heterocycles. The fourth-order valence-electron chi connectivity index (χ4n) is 1.25. The first-order valence-electron chi connectivity index (χ1n) is 5.12. The van der Waals surface area contributed by atoms with E-state index in [2.05, 4.69) is 21.2 Å². The van der Waals surface area contributed by atoms with Crippen LogP contribution < -0.4 is 16.8 Å². The third-order valence-electron chi connectivity index (χ3n) is 2.14. The number of carbonyl (C=O) groups is 2. The average molecular weight is 300 g/mol. The van der Waals surface area contributed by atoms with Crippen molar-refractivity contribution in [3.8, 4) is 0 Å². The second-order valence-electron chi connectivity index (χ2n) is 3.56. The highest BCUT2D eigenvalue weighted by molar-refractivity contribution is 9.10. The molecule has 0 aliphatic carbocycles. The Kier molecular flexibility index (Phi) is 4.96. The van der Waals surface area contributed by atoms with Crippen LogP contribution in [0.5, 0.6) is 0 Å². The molecular weight excluding hydrogens is 286 g/mol. The predicted molar refractivity (Wildman–Crippen MR) is 69.3 cm³/mol. The second-order valence-corrected chi connectivity index (χ2v) is 4.42. The van der Waals surface area contributed by atoms with Gasteiger partial charge >= 0.3 is 0 Å². The largest absolute Gasteiger partial charge is 0.398 e. The molecule has 0 radical (unpaired) electrons. The van der Waals surface area contributed by atoms with Gasteiger partial charge in [0.05, 0.1) is 0 Å². The number of hydrogen-bond acceptors (Lipinski definition) is 3. The molecule has 17 heavy (non-hydrogen) atoms. The summed E-state index contributed by atoms with van der Waals surface area (Å²) in [7, 11) is 0. The molecule has 0 fully saturated rings. The summed E-state index contributed by atoms with van der Waals surface area (Å²) in [4.78, 5) is 22.1. The quantitative estimate of drug-likeness (QED) is 0.559. The molecule has 5 nitrogen and oxygen atoms in total. The average Bonchev–Trinajstić information content (AvgIpc) is 2.27. The van der Waals surface area contributed by atoms with Crippen molar-refractivity contribution in [2.45, 2.75) is 12.8 Å². The zero-order chi connectivity index (χ0) is 12.8. The minimum absolute atomic E-state index is 0.214. The Bertz CT molecular complexity index is 435. The van der Waals surface area contributed by atoms with E-state index in [0.717, 1.165) is 4.47 Å². The van der Waals surface area contributed by atoms with E-state index in [9.17, 15) is 9.59 Å². The third-order valence-corrected chi connectivity index (χ3v) is 2.87. The Morgan fingerprint density at radius 2 is 2.06 bits per heavy atom. The number of hydrogen-bond donors (Lipinski definition) is 3. The van der Waals surface area contributed by atoms with Gasteiger partial charge in [0.1, 0.15) is 0 Å². The number of nitrogen functional groups attached to an aromatic ring is 1. The second kappa shape index (κ2) is 6.24. The van der Waals surface area contributed by atoms with Crippen molar-refractivity contribution in [1.29, 1.82) is 0 Å². The van der Waals surface area contributed by atoms with Crippen molar-refractivity contribution < 1.29 is 9.59 Å². The molecule has 1 rings (SSSR count). The van der Waals surface area contributed by atoms with Crippen molar-refractivity contribution >= 4 is 33.4 Å². The van der Waals surface area contributed by atoms with Crippen LogP contribution >= 0.6 is 15.9 Å². The predicted octanol–water partition coefficient (Wildman–Crippen LogP) is 1.03. The molecule has 0 saturated carbocycles. The minimum atomic E-state index is -0.368. The summed E-state index contributed by atoms with van der Waals surface area (Å²) in [6.07, 6.45) is 0.801. The molecule has 1 aromatic carbocycles. The maximum Gasteiger partial charge on any atom is 0.251 e. The van der Waals surface area contributed by atoms with E-state index in [-0.39, 0.29) is 18.2 Å². The van der Waals surface area contributed by atoms with E-state index in [1.165, 1.54) is 0 Å². The summed E-state index contributed by atoms with van der Waals surface area (Å²) in [6.45, 7) is 0.414. The van der Waals surface area contributed by atoms with Crippen molar-refractivity contribution in [3.63, 3.8) is 0 Å². The first kappa shape index (κ1) is 13.5. The zero-order valence-corrected chi connectivity index (χ0v) is 10.8. The molecule has 0 heterocycles. The molecule has 6 heteroatoms. The van der Waals surface area contributed by atoms with Crippen LogP contribution in [0.3, 0.4) is 0 Å². The van der Waals surface area contributed by atoms with Crippen molar-refractivity contribution in [2.75, 3.05) is 12.3 Å². The van der Waals surface area contributed by atoms with Gasteiger partial charge in [-0.15, -0.1) is 0 Å². The summed E-state index contributed by atoms with van der Waals surface area (Å²) < 4.78 is 0.753. The fraction of sp³-hybridized carbons (Fsp3) is 0.273. The van der Waals surface area contributed by atoms with Crippen molar-refractivity contribution in [3.05, 3.63) is 28.2 Å². The normalized spacial score (nSPS) is 9.94. The van der Waals surface area contributed by atoms with Gasteiger partial charge in [-0.2, -0.15) is 0 Å². The van der Waals surface area contributed by atoms with E-state index in [0.29, 0.717) is 24.2 Å². The molecule has 0 aliphatic rings. The molecule has 0 saturated heterocycles. The molecule has 1 aromatic rings. The van der Waals surface area contributed by atoms with Crippen LogP contribution in [0, 0.1) is 0 Å². The third kappa shape index (κ3) is 4.44. The van der Waals surface area contributed by atoms with Crippen molar-refractivity contribution in [1.82, 2.24) is 5.32 Å². The van der Waals surface area contributed by atoms with Gasteiger partial charge in [0.15, 0.2) is 0 Å². The van der Waals surface area contributed by atoms with E-state index in [4.69, 9.17) is 11.5 Å². The molecule has 2 amide bonds. The highest BCUT2D eigenvalue weighted by Crippen LogP contribution is 2.19. The number of anilines is 1. The minimum Gasteiger partial charge on any atom is -0.398 e. The zero-order valence-electron chi connectivity index (χ0n) is 9.20. The summed E-state index contributed by atoms with van der Waals surface area (Å²) in [6, 6.07) is 4.98. The number of benzene rings is 1. The van der Waals surface area contributed by atoms with Gasteiger partial charge in [0.2, 0.25) is 5.91 Å². The first-order chi connectivity index (χ1) is 8.00. The van der Waals surface area contributed by atoms with Crippen LogP contribution in [0.2, 0.25) is 0 Å². The maximum absolute atomic E-state index is 11.7. The van der Waals surface area contributed by atoms with Crippen LogP contribution in [0.25, 0.3) is 0 Å². The maximum atomic E-state index is 11.7. The lowest BCUT2D eigenvalue weighted by Gasteiger charge is -2.06. The number of amides is 2. The van der Waals surface area contributed by atoms with Gasteiger partial charge in [0, 0.05) is 28.7 Å². The fourth-order valence-corrected chi connectivity index (χ4v) is 1.50. The van der Waals surface area contributed by atoms with Crippen LogP contribution in [-0.4, -0.2) is 18.4 Å². The van der Waals surface area contributed by atoms with Gasteiger partial charge in [-0.05, 0) is 40.5 Å². The van der Waals surface area contributed by atoms with Gasteiger partial charge in [-0.25, -0.2) is 0 Å². The molecule has 92 valence electrons. The Morgan fingerprint density at radius 3 is 2.65 bits per heavy atom. The molecule has 0 atom stereocenters. The van der Waals surface area contributed by atoms with Gasteiger partial charge < -0.3 is 16.8 Å². The van der Waals surface area contributed by atoms with Crippen LogP contribution in [-0.2, 0) is 4.79 Å². The van der Waals surface area contributed by atoms with Gasteiger partial charge in [-0.3, -0.25) is 9.59 Å². The van der Waals surface area contributed by atoms with Crippen LogP contribution in [0.4, 0.5) is 5.69 Å². The highest BCUT2D eigenvalue weighted by atomic mass is 79.9. The van der Waals surface area contributed by atoms with E-state index in [1.807, 2.05) is 0 Å². The smallest absolute Gasteiger partial charge is 0.251 e. The lowest BCUT2D eigenvalue weighted by molar-refractivity contribution is -0.118. The van der Waals surface area contributed by atoms with Crippen molar-refractivity contribution in [2.24, 2.45) is 5.73 Å². The molecular formula is C11H14BrN3O2. The number of primary amides is 1. The standard InChI is InChI=1S/C11H14BrN3O2/c12-8-4-3-7(6-9(8)13)11(17)15-5-1-2-10(14)16/h3-4,6H,1-2,5,13H2,(H2,14,16)(H,15,17).